The number of hydrogen-bond donors (Lipinski definition) is 0. The maximum atomic E-state index is 11.8. The minimum Gasteiger partial charge on any atom is -0.253 e. The molecule has 3 rings (SSSR count). The summed E-state index contributed by atoms with van der Waals surface area (Å²) in [6.07, 6.45) is -0.516. The van der Waals surface area contributed by atoms with Crippen LogP contribution in [0.1, 0.15) is 17.2 Å². The van der Waals surface area contributed by atoms with Crippen molar-refractivity contribution in [1.29, 1.82) is 0 Å². The highest BCUT2D eigenvalue weighted by Gasteiger charge is 2.36. The summed E-state index contributed by atoms with van der Waals surface area (Å²) in [6.45, 7) is 0. The number of rotatable bonds is 1. The fraction of sp³-hybridized carbons (Fsp3) is 0.0769. The first-order valence-electron chi connectivity index (χ1n) is 5.26. The van der Waals surface area contributed by atoms with Gasteiger partial charge >= 0.3 is 0 Å². The Kier molecular flexibility index (Phi) is 2.28. The second-order valence-electron chi connectivity index (χ2n) is 3.88. The third kappa shape index (κ3) is 1.66. The Balaban J connectivity index is 2.19. The van der Waals surface area contributed by atoms with Crippen LogP contribution < -0.4 is 0 Å². The Hall–Kier alpha value is -1.65. The predicted octanol–water partition coefficient (Wildman–Crippen LogP) is 2.49. The lowest BCUT2D eigenvalue weighted by atomic mass is 10.0. The summed E-state index contributed by atoms with van der Waals surface area (Å²) < 4.78 is 28.8. The lowest BCUT2D eigenvalue weighted by Crippen LogP contribution is -2.01. The van der Waals surface area contributed by atoms with E-state index in [4.69, 9.17) is 4.18 Å². The van der Waals surface area contributed by atoms with E-state index in [1.165, 1.54) is 0 Å². The Morgan fingerprint density at radius 3 is 2.29 bits per heavy atom. The van der Waals surface area contributed by atoms with E-state index in [2.05, 4.69) is 0 Å². The molecular formula is C13H10O3S. The van der Waals surface area contributed by atoms with Crippen LogP contribution >= 0.6 is 0 Å². The average molecular weight is 246 g/mol. The predicted molar refractivity (Wildman–Crippen MR) is 63.0 cm³/mol. The van der Waals surface area contributed by atoms with E-state index in [0.29, 0.717) is 5.56 Å². The third-order valence-electron chi connectivity index (χ3n) is 2.80. The maximum Gasteiger partial charge on any atom is 0.298 e. The van der Waals surface area contributed by atoms with Gasteiger partial charge in [0.2, 0.25) is 0 Å². The van der Waals surface area contributed by atoms with E-state index in [9.17, 15) is 8.42 Å². The number of hydrogen-bond acceptors (Lipinski definition) is 3. The molecule has 0 spiro atoms. The molecule has 1 aliphatic heterocycles. The summed E-state index contributed by atoms with van der Waals surface area (Å²) in [5.74, 6) is 0. The Morgan fingerprint density at radius 2 is 1.53 bits per heavy atom. The SMILES string of the molecule is O=S1(=O)OC(c2ccccc2)c2ccccc21. The van der Waals surface area contributed by atoms with Crippen LogP contribution in [-0.2, 0) is 14.3 Å². The molecule has 1 atom stereocenters. The van der Waals surface area contributed by atoms with Crippen molar-refractivity contribution in [2.24, 2.45) is 0 Å². The van der Waals surface area contributed by atoms with Crippen LogP contribution in [0.3, 0.4) is 0 Å². The quantitative estimate of drug-likeness (QED) is 0.726. The second kappa shape index (κ2) is 3.68. The summed E-state index contributed by atoms with van der Waals surface area (Å²) in [5.41, 5.74) is 1.56. The zero-order valence-electron chi connectivity index (χ0n) is 8.91. The summed E-state index contributed by atoms with van der Waals surface area (Å²) in [4.78, 5) is 0.272. The lowest BCUT2D eigenvalue weighted by molar-refractivity contribution is 0.272. The molecule has 0 bridgehead atoms. The molecule has 1 unspecified atom stereocenters. The molecule has 17 heavy (non-hydrogen) atoms. The van der Waals surface area contributed by atoms with Crippen LogP contribution in [0.4, 0.5) is 0 Å². The normalized spacial score (nSPS) is 21.1. The van der Waals surface area contributed by atoms with Crippen LogP contribution in [0.2, 0.25) is 0 Å². The van der Waals surface area contributed by atoms with Crippen LogP contribution in [0.25, 0.3) is 0 Å². The molecule has 0 saturated heterocycles. The van der Waals surface area contributed by atoms with Gasteiger partial charge < -0.3 is 0 Å². The van der Waals surface area contributed by atoms with Gasteiger partial charge in [0.15, 0.2) is 0 Å². The molecule has 3 nitrogen and oxygen atoms in total. The smallest absolute Gasteiger partial charge is 0.253 e. The second-order valence-corrected chi connectivity index (χ2v) is 5.42. The largest absolute Gasteiger partial charge is 0.298 e. The van der Waals surface area contributed by atoms with Gasteiger partial charge in [-0.05, 0) is 11.6 Å². The minimum absolute atomic E-state index is 0.272. The summed E-state index contributed by atoms with van der Waals surface area (Å²) in [7, 11) is -3.60. The molecule has 1 aliphatic rings. The number of benzene rings is 2. The molecule has 0 N–H and O–H groups in total. The molecule has 0 fully saturated rings. The molecule has 2 aromatic carbocycles. The first-order valence-corrected chi connectivity index (χ1v) is 6.66. The van der Waals surface area contributed by atoms with Crippen LogP contribution in [0.15, 0.2) is 59.5 Å². The van der Waals surface area contributed by atoms with Gasteiger partial charge in [0.1, 0.15) is 11.0 Å². The van der Waals surface area contributed by atoms with Crippen LogP contribution in [0, 0.1) is 0 Å². The van der Waals surface area contributed by atoms with E-state index >= 15 is 0 Å². The fourth-order valence-corrected chi connectivity index (χ4v) is 3.30. The zero-order valence-corrected chi connectivity index (χ0v) is 9.72. The first-order chi connectivity index (χ1) is 8.18. The lowest BCUT2D eigenvalue weighted by Gasteiger charge is -2.08. The monoisotopic (exact) mass is 246 g/mol. The zero-order chi connectivity index (χ0) is 11.9. The molecule has 0 aliphatic carbocycles. The summed E-state index contributed by atoms with van der Waals surface area (Å²) >= 11 is 0. The molecule has 86 valence electrons. The van der Waals surface area contributed by atoms with Crippen molar-refractivity contribution in [2.75, 3.05) is 0 Å². The molecule has 0 amide bonds. The van der Waals surface area contributed by atoms with Crippen molar-refractivity contribution in [3.8, 4) is 0 Å². The molecule has 0 saturated carbocycles. The molecule has 1 heterocycles. The van der Waals surface area contributed by atoms with Crippen LogP contribution in [-0.4, -0.2) is 8.42 Å². The van der Waals surface area contributed by atoms with E-state index in [-0.39, 0.29) is 4.90 Å². The van der Waals surface area contributed by atoms with Crippen molar-refractivity contribution in [3.05, 3.63) is 65.7 Å². The first kappa shape index (κ1) is 10.5. The number of fused-ring (bicyclic) bond motifs is 1. The van der Waals surface area contributed by atoms with Gasteiger partial charge in [-0.15, -0.1) is 0 Å². The van der Waals surface area contributed by atoms with Crippen LogP contribution in [0.5, 0.6) is 0 Å². The van der Waals surface area contributed by atoms with Crippen molar-refractivity contribution in [2.45, 2.75) is 11.0 Å². The Labute approximate surface area is 99.8 Å². The van der Waals surface area contributed by atoms with Crippen molar-refractivity contribution < 1.29 is 12.6 Å². The van der Waals surface area contributed by atoms with E-state index < -0.39 is 16.2 Å². The van der Waals surface area contributed by atoms with E-state index in [1.54, 1.807) is 18.2 Å². The van der Waals surface area contributed by atoms with Crippen molar-refractivity contribution in [1.82, 2.24) is 0 Å². The molecule has 0 aromatic heterocycles. The molecular weight excluding hydrogens is 236 g/mol. The van der Waals surface area contributed by atoms with E-state index in [1.807, 2.05) is 36.4 Å². The third-order valence-corrected chi connectivity index (χ3v) is 4.15. The maximum absolute atomic E-state index is 11.8. The Bertz CT molecular complexity index is 647. The van der Waals surface area contributed by atoms with Gasteiger partial charge in [-0.1, -0.05) is 48.5 Å². The van der Waals surface area contributed by atoms with Crippen molar-refractivity contribution in [3.63, 3.8) is 0 Å². The molecule has 2 aromatic rings. The highest BCUT2D eigenvalue weighted by Crippen LogP contribution is 2.39. The molecule has 4 heteroatoms. The van der Waals surface area contributed by atoms with Gasteiger partial charge in [-0.25, -0.2) is 0 Å². The fourth-order valence-electron chi connectivity index (χ4n) is 2.02. The van der Waals surface area contributed by atoms with Gasteiger partial charge in [0.25, 0.3) is 10.1 Å². The van der Waals surface area contributed by atoms with Gasteiger partial charge in [0, 0.05) is 5.56 Å². The van der Waals surface area contributed by atoms with Gasteiger partial charge in [0.05, 0.1) is 0 Å². The van der Waals surface area contributed by atoms with Gasteiger partial charge in [-0.3, -0.25) is 4.18 Å². The Morgan fingerprint density at radius 1 is 0.882 bits per heavy atom. The molecule has 0 radical (unpaired) electrons. The minimum atomic E-state index is -3.60. The summed E-state index contributed by atoms with van der Waals surface area (Å²) in [5, 5.41) is 0. The average Bonchev–Trinajstić information content (AvgIpc) is 2.64. The topological polar surface area (TPSA) is 43.4 Å². The van der Waals surface area contributed by atoms with Crippen molar-refractivity contribution >= 4 is 10.1 Å². The standard InChI is InChI=1S/C13H10O3S/c14-17(15)12-9-5-4-8-11(12)13(16-17)10-6-2-1-3-7-10/h1-9,13H. The summed E-state index contributed by atoms with van der Waals surface area (Å²) in [6, 6.07) is 16.2. The highest BCUT2D eigenvalue weighted by atomic mass is 32.2. The highest BCUT2D eigenvalue weighted by molar-refractivity contribution is 7.87. The van der Waals surface area contributed by atoms with Gasteiger partial charge in [-0.2, -0.15) is 8.42 Å². The van der Waals surface area contributed by atoms with E-state index in [0.717, 1.165) is 5.56 Å².